The summed E-state index contributed by atoms with van der Waals surface area (Å²) >= 11 is 0. The second-order valence-corrected chi connectivity index (χ2v) is 35.8. The van der Waals surface area contributed by atoms with Crippen molar-refractivity contribution in [2.24, 2.45) is 12.0 Å². The highest BCUT2D eigenvalue weighted by Gasteiger charge is 2.32. The van der Waals surface area contributed by atoms with Gasteiger partial charge in [0.05, 0.1) is 118 Å². The van der Waals surface area contributed by atoms with Crippen LogP contribution in [0.25, 0.3) is 96.1 Å². The van der Waals surface area contributed by atoms with E-state index in [1.807, 2.05) is 108 Å². The molecule has 144 heavy (non-hydrogen) atoms. The molecule has 1 aliphatic rings. The number of aryl methyl sites for hydroxylation is 3. The van der Waals surface area contributed by atoms with E-state index in [0.29, 0.717) is 103 Å². The second-order valence-electron chi connectivity index (χ2n) is 35.8. The zero-order chi connectivity index (χ0) is 103. The summed E-state index contributed by atoms with van der Waals surface area (Å²) < 4.78 is 127. The Balaban J connectivity index is 0.000000129. The molecule has 13 heterocycles. The van der Waals surface area contributed by atoms with Crippen molar-refractivity contribution in [2.75, 3.05) is 6.61 Å². The standard InChI is InChI=1S/C22H18FN5O.C21H15F2N5O.C21H16N4O2.C20H21F2N7O.C19H19F2N7O/c1-13-4-6-16(15(8-13)10-24)17-9-14(5-7-18(17)23)19-11-25-21-27-20(22(2,3)29)12-26-28(19)21;1-21(2,29)18-11-26-28-17(10-25-20(28)27-18)12-6-7-15(22)14(8-12)19-13(9-24)4-3-5-16(19)23;1-3-14-8-9-17-15(11-14)19(16-7-5-6-10-22-16)23-12-18-20(21(26)27-4-2)24-13-25(17)18;1-5-28-17(23-11-24-28)10-30-19-14(20(2,3)4)9-16-25-26-18(29(16)27-19)13-8-12(21)6-7-15(13)22;1-19(2,3)13-8-15-24-25-17(12-7-11(20)5-6-14(12)21)28(15)26-18(13)29-9-16-22-10-23-27(16)4/h4-9,11-12,29H,1-3H3;3-8,10-11,29H,1-2H3;1,5-11,13H,4,12H2,2H3;6-9,11H,5,10H2,1-4H3;5-8,10H,9H2,1-4H3. The summed E-state index contributed by atoms with van der Waals surface area (Å²) in [6.45, 7) is 25.6. The maximum atomic E-state index is 14.6. The Morgan fingerprint density at radius 2 is 1.06 bits per heavy atom. The number of aliphatic hydroxyl groups is 2. The monoisotopic (exact) mass is 1950 g/mol. The number of ether oxygens (including phenoxy) is 3. The van der Waals surface area contributed by atoms with Gasteiger partial charge < -0.3 is 24.4 Å². The molecule has 2 N–H and O–H groups in total. The minimum atomic E-state index is -1.18. The van der Waals surface area contributed by atoms with Crippen molar-refractivity contribution < 1.29 is 60.0 Å². The van der Waals surface area contributed by atoms with Gasteiger partial charge in [-0.3, -0.25) is 19.2 Å². The van der Waals surface area contributed by atoms with Gasteiger partial charge in [-0.1, -0.05) is 71.7 Å². The molecule has 20 rings (SSSR count). The molecule has 0 saturated carbocycles. The minimum Gasteiger partial charge on any atom is -0.468 e. The first-order valence-corrected chi connectivity index (χ1v) is 44.7. The molecule has 0 aliphatic carbocycles. The number of aromatic nitrogens is 25. The van der Waals surface area contributed by atoms with Crippen molar-refractivity contribution in [3.05, 3.63) is 327 Å². The topological polar surface area (TPSA) is 410 Å². The van der Waals surface area contributed by atoms with Gasteiger partial charge in [0.2, 0.25) is 11.8 Å². The number of esters is 1. The molecule has 0 saturated heterocycles. The van der Waals surface area contributed by atoms with Gasteiger partial charge in [0, 0.05) is 75.4 Å². The number of rotatable bonds is 18. The Morgan fingerprint density at radius 1 is 0.514 bits per heavy atom. The van der Waals surface area contributed by atoms with Crippen LogP contribution in [0.4, 0.5) is 30.7 Å². The lowest BCUT2D eigenvalue weighted by molar-refractivity contribution is 0.0518. The number of nitrogens with zero attached hydrogens (tertiary/aromatic N) is 28. The number of hydrogen-bond donors (Lipinski definition) is 2. The van der Waals surface area contributed by atoms with Crippen LogP contribution in [0.1, 0.15) is 167 Å². The van der Waals surface area contributed by atoms with Crippen molar-refractivity contribution in [3.8, 4) is 109 Å². The number of fused-ring (bicyclic) bond motifs is 7. The van der Waals surface area contributed by atoms with E-state index in [9.17, 15) is 56.3 Å². The van der Waals surface area contributed by atoms with Crippen molar-refractivity contribution in [1.29, 1.82) is 10.5 Å². The highest BCUT2D eigenvalue weighted by molar-refractivity contribution is 6.14. The summed E-state index contributed by atoms with van der Waals surface area (Å²) in [5, 5.41) is 81.0. The number of benzene rings is 7. The Morgan fingerprint density at radius 3 is 1.59 bits per heavy atom. The van der Waals surface area contributed by atoms with Gasteiger partial charge in [-0.15, -0.1) is 37.0 Å². The molecule has 19 aromatic rings. The van der Waals surface area contributed by atoms with Gasteiger partial charge in [-0.2, -0.15) is 49.0 Å². The molecule has 0 spiro atoms. The van der Waals surface area contributed by atoms with Crippen LogP contribution in [0.15, 0.2) is 213 Å². The fourth-order valence-electron chi connectivity index (χ4n) is 15.2. The molecule has 12 aromatic heterocycles. The van der Waals surface area contributed by atoms with Gasteiger partial charge in [0.15, 0.2) is 40.3 Å². The summed E-state index contributed by atoms with van der Waals surface area (Å²) in [7, 11) is 1.76. The molecule has 34 nitrogen and oxygen atoms in total. The van der Waals surface area contributed by atoms with Crippen LogP contribution in [-0.4, -0.2) is 151 Å². The Kier molecular flexibility index (Phi) is 28.1. The van der Waals surface area contributed by atoms with E-state index in [1.165, 1.54) is 91.8 Å². The fraction of sp³-hybridized carbons (Fsp3) is 0.223. The van der Waals surface area contributed by atoms with Gasteiger partial charge in [0.1, 0.15) is 84.1 Å². The zero-order valence-electron chi connectivity index (χ0n) is 79.9. The average molecular weight is 1950 g/mol. The van der Waals surface area contributed by atoms with Gasteiger partial charge in [-0.25, -0.2) is 75.1 Å². The smallest absolute Gasteiger partial charge is 0.358 e. The van der Waals surface area contributed by atoms with E-state index in [-0.39, 0.29) is 88.1 Å². The lowest BCUT2D eigenvalue weighted by Gasteiger charge is -2.21. The number of pyridine rings is 1. The first kappa shape index (κ1) is 99.1. The van der Waals surface area contributed by atoms with Crippen LogP contribution in [0.3, 0.4) is 0 Å². The molecule has 0 amide bonds. The van der Waals surface area contributed by atoms with Crippen LogP contribution in [0, 0.1) is 82.7 Å². The van der Waals surface area contributed by atoms with Gasteiger partial charge >= 0.3 is 5.97 Å². The van der Waals surface area contributed by atoms with Crippen molar-refractivity contribution in [3.63, 3.8) is 0 Å². The van der Waals surface area contributed by atoms with Crippen molar-refractivity contribution in [1.82, 2.24) is 123 Å². The Hall–Kier alpha value is -17.9. The minimum absolute atomic E-state index is 0.0322. The lowest BCUT2D eigenvalue weighted by atomic mass is 9.88. The SMILES string of the molecule is C#Cc1ccc2c(c1)C(c1ccccn1)=NCc1c(C(=O)OCC)ncn1-2.CC(C)(O)c1cnn2c(-c3ccc(F)c(-c4c(F)cccc4C#N)c3)cnc2n1.CCn1ncnc1COc1nn2c(-c3cc(F)ccc3F)nnc2cc1C(C)(C)C.Cc1ccc(-c2cc(-c3cnc4nc(C(C)(C)O)cnn34)ccc2F)c(C#N)c1.Cn1ncnc1COc1nn2c(-c3cc(F)ccc3F)nnc2cc1C(C)(C)C. The van der Waals surface area contributed by atoms with E-state index in [0.717, 1.165) is 81.3 Å². The predicted molar refractivity (Wildman–Crippen MR) is 514 cm³/mol. The molecule has 7 aromatic carbocycles. The van der Waals surface area contributed by atoms with Crippen LogP contribution < -0.4 is 9.47 Å². The molecule has 726 valence electrons. The normalized spacial score (nSPS) is 11.8. The molecular weight excluding hydrogens is 1860 g/mol. The van der Waals surface area contributed by atoms with Gasteiger partial charge in [0.25, 0.3) is 11.6 Å². The van der Waals surface area contributed by atoms with Crippen LogP contribution in [0.5, 0.6) is 11.8 Å². The van der Waals surface area contributed by atoms with Crippen LogP contribution in [-0.2, 0) is 60.1 Å². The first-order valence-electron chi connectivity index (χ1n) is 44.7. The molecule has 0 bridgehead atoms. The lowest BCUT2D eigenvalue weighted by Crippen LogP contribution is -2.19. The number of aliphatic imine (C=N–C) groups is 1. The number of hydrogen-bond acceptors (Lipinski definition) is 27. The second kappa shape index (κ2) is 40.9. The number of terminal acetylenes is 1. The maximum Gasteiger partial charge on any atom is 0.358 e. The van der Waals surface area contributed by atoms with Crippen LogP contribution in [0.2, 0.25) is 0 Å². The predicted octanol–water partition coefficient (Wildman–Crippen LogP) is 17.2. The van der Waals surface area contributed by atoms with E-state index in [4.69, 9.17) is 25.6 Å². The van der Waals surface area contributed by atoms with E-state index >= 15 is 0 Å². The quantitative estimate of drug-likeness (QED) is 0.0457. The number of nitriles is 2. The number of carbonyl (C=O) groups is 1. The van der Waals surface area contributed by atoms with E-state index in [2.05, 4.69) is 103 Å². The molecule has 0 fully saturated rings. The number of halogens is 7. The summed E-state index contributed by atoms with van der Waals surface area (Å²) in [6.07, 6.45) is 17.8. The number of carbonyl (C=O) groups excluding carboxylic acids is 1. The average Bonchev–Trinajstić information content (AvgIpc) is 1.59. The molecular formula is C103H89F7N28O6. The third kappa shape index (κ3) is 21.0. The van der Waals surface area contributed by atoms with E-state index < -0.39 is 57.9 Å². The van der Waals surface area contributed by atoms with Gasteiger partial charge in [-0.05, 0) is 198 Å². The third-order valence-corrected chi connectivity index (χ3v) is 22.7. The third-order valence-electron chi connectivity index (χ3n) is 22.7. The summed E-state index contributed by atoms with van der Waals surface area (Å²) in [4.78, 5) is 51.2. The summed E-state index contributed by atoms with van der Waals surface area (Å²) in [6, 6.07) is 43.4. The molecule has 1 aliphatic heterocycles. The fourth-order valence-corrected chi connectivity index (χ4v) is 15.2. The van der Waals surface area contributed by atoms with Crippen molar-refractivity contribution in [2.45, 2.75) is 138 Å². The van der Waals surface area contributed by atoms with Crippen molar-refractivity contribution >= 4 is 34.5 Å². The maximum absolute atomic E-state index is 14.6. The largest absolute Gasteiger partial charge is 0.468 e. The first-order chi connectivity index (χ1) is 68.8. The zero-order valence-corrected chi connectivity index (χ0v) is 79.9. The molecule has 0 atom stereocenters. The number of imidazole rings is 3. The molecule has 41 heteroatoms. The Labute approximate surface area is 817 Å². The molecule has 0 unspecified atom stereocenters. The highest BCUT2D eigenvalue weighted by Crippen LogP contribution is 2.40. The summed E-state index contributed by atoms with van der Waals surface area (Å²) in [5.74, 6) is 0.735. The summed E-state index contributed by atoms with van der Waals surface area (Å²) in [5.41, 5.74) is 9.45. The molecule has 0 radical (unpaired) electrons. The van der Waals surface area contributed by atoms with E-state index in [1.54, 1.807) is 106 Å². The van der Waals surface area contributed by atoms with Crippen LogP contribution >= 0.6 is 0 Å². The Bertz CT molecular complexity index is 8270. The highest BCUT2D eigenvalue weighted by atomic mass is 19.2.